The number of hydrogen-bond acceptors (Lipinski definition) is 12. The van der Waals surface area contributed by atoms with Crippen molar-refractivity contribution in [2.45, 2.75) is 51.6 Å². The maximum Gasteiger partial charge on any atom is 0.355 e. The lowest BCUT2D eigenvalue weighted by Gasteiger charge is -2.49. The third-order valence-electron chi connectivity index (χ3n) is 5.17. The van der Waals surface area contributed by atoms with E-state index in [1.54, 1.807) is 40.0 Å². The molecular formula is C23H29N5O7S2. The van der Waals surface area contributed by atoms with E-state index in [2.05, 4.69) is 15.5 Å². The number of ether oxygens (including phenoxy) is 2. The van der Waals surface area contributed by atoms with E-state index in [-0.39, 0.29) is 34.4 Å². The Morgan fingerprint density at radius 3 is 2.62 bits per heavy atom. The van der Waals surface area contributed by atoms with Gasteiger partial charge in [-0.15, -0.1) is 23.1 Å². The minimum absolute atomic E-state index is 0.0944. The van der Waals surface area contributed by atoms with Crippen molar-refractivity contribution < 1.29 is 33.5 Å². The molecule has 1 aromatic rings. The molecule has 3 heterocycles. The van der Waals surface area contributed by atoms with Crippen LogP contribution in [0, 0.1) is 0 Å². The molecule has 2 amide bonds. The highest BCUT2D eigenvalue weighted by Gasteiger charge is 2.54. The van der Waals surface area contributed by atoms with E-state index in [0.717, 1.165) is 11.3 Å². The van der Waals surface area contributed by atoms with E-state index in [0.29, 0.717) is 11.3 Å². The number of fused-ring (bicyclic) bond motifs is 1. The molecule has 0 bridgehead atoms. The molecule has 1 fully saturated rings. The number of carbonyl (C=O) groups excluding carboxylic acids is 4. The molecule has 0 unspecified atom stereocenters. The first-order valence-electron chi connectivity index (χ1n) is 11.2. The number of thiazole rings is 1. The van der Waals surface area contributed by atoms with Crippen LogP contribution >= 0.6 is 23.1 Å². The number of hydrogen-bond donors (Lipinski definition) is 2. The van der Waals surface area contributed by atoms with E-state index in [4.69, 9.17) is 20.0 Å². The van der Waals surface area contributed by atoms with Crippen LogP contribution in [0.25, 0.3) is 0 Å². The smallest absolute Gasteiger partial charge is 0.355 e. The van der Waals surface area contributed by atoms with Gasteiger partial charge in [0, 0.05) is 11.1 Å². The highest BCUT2D eigenvalue weighted by Crippen LogP contribution is 2.40. The van der Waals surface area contributed by atoms with Crippen molar-refractivity contribution in [3.05, 3.63) is 34.0 Å². The third-order valence-corrected chi connectivity index (χ3v) is 7.27. The molecular weight excluding hydrogens is 522 g/mol. The number of carbonyl (C=O) groups is 4. The highest BCUT2D eigenvalue weighted by atomic mass is 32.2. The second kappa shape index (κ2) is 11.3. The number of anilines is 1. The summed E-state index contributed by atoms with van der Waals surface area (Å²) in [6, 6.07) is -0.903. The molecule has 200 valence electrons. The zero-order valence-electron chi connectivity index (χ0n) is 21.3. The summed E-state index contributed by atoms with van der Waals surface area (Å²) in [4.78, 5) is 61.3. The van der Waals surface area contributed by atoms with E-state index in [1.807, 2.05) is 0 Å². The molecule has 37 heavy (non-hydrogen) atoms. The third kappa shape index (κ3) is 6.31. The fourth-order valence-corrected chi connectivity index (χ4v) is 5.32. The monoisotopic (exact) mass is 551 g/mol. The van der Waals surface area contributed by atoms with Crippen LogP contribution in [0.5, 0.6) is 0 Å². The van der Waals surface area contributed by atoms with Gasteiger partial charge in [0.15, 0.2) is 10.8 Å². The molecule has 1 saturated heterocycles. The number of nitrogen functional groups attached to an aromatic ring is 1. The van der Waals surface area contributed by atoms with Gasteiger partial charge in [-0.2, -0.15) is 0 Å². The van der Waals surface area contributed by atoms with Crippen LogP contribution in [0.15, 0.2) is 33.5 Å². The molecule has 0 aliphatic carbocycles. The zero-order chi connectivity index (χ0) is 27.5. The van der Waals surface area contributed by atoms with E-state index < -0.39 is 40.8 Å². The maximum absolute atomic E-state index is 13.0. The first-order chi connectivity index (χ1) is 17.4. The van der Waals surface area contributed by atoms with Gasteiger partial charge < -0.3 is 25.4 Å². The average molecular weight is 552 g/mol. The second-order valence-electron chi connectivity index (χ2n) is 9.08. The van der Waals surface area contributed by atoms with Crippen LogP contribution in [0.3, 0.4) is 0 Å². The first-order valence-corrected chi connectivity index (χ1v) is 13.1. The molecule has 14 heteroatoms. The summed E-state index contributed by atoms with van der Waals surface area (Å²) in [7, 11) is 1.28. The van der Waals surface area contributed by atoms with Crippen LogP contribution in [0.2, 0.25) is 0 Å². The van der Waals surface area contributed by atoms with Crippen LogP contribution in [-0.4, -0.2) is 75.8 Å². The summed E-state index contributed by atoms with van der Waals surface area (Å²) in [6.45, 7) is 8.25. The lowest BCUT2D eigenvalue weighted by atomic mass is 10.0. The SMILES string of the molecule is C/C=C(\COC(=O)C1=C(C)CS[C@@H]2[C@H](NC(=O)/C(=N\OC)c3csc(N)n3)C(=O)N12)C(=O)OC(C)(C)C. The molecule has 0 spiro atoms. The van der Waals surface area contributed by atoms with Gasteiger partial charge in [-0.1, -0.05) is 11.2 Å². The van der Waals surface area contributed by atoms with E-state index in [9.17, 15) is 19.2 Å². The molecule has 3 N–H and O–H groups in total. The fourth-order valence-electron chi connectivity index (χ4n) is 3.48. The number of nitrogens with two attached hydrogens (primary N) is 1. The Bertz CT molecular complexity index is 1200. The molecule has 1 aromatic heterocycles. The zero-order valence-corrected chi connectivity index (χ0v) is 22.9. The summed E-state index contributed by atoms with van der Waals surface area (Å²) in [5.74, 6) is -2.05. The van der Waals surface area contributed by atoms with E-state index >= 15 is 0 Å². The van der Waals surface area contributed by atoms with Crippen molar-refractivity contribution in [2.24, 2.45) is 5.16 Å². The van der Waals surface area contributed by atoms with Crippen molar-refractivity contribution >= 4 is 57.7 Å². The molecule has 2 aliphatic heterocycles. The number of oxime groups is 1. The Labute approximate surface area is 222 Å². The Kier molecular flexibility index (Phi) is 8.64. The number of aromatic nitrogens is 1. The number of rotatable bonds is 8. The minimum Gasteiger partial charge on any atom is -0.457 e. The highest BCUT2D eigenvalue weighted by molar-refractivity contribution is 8.00. The minimum atomic E-state index is -0.903. The number of nitrogens with zero attached hydrogens (tertiary/aromatic N) is 3. The predicted molar refractivity (Wildman–Crippen MR) is 138 cm³/mol. The van der Waals surface area contributed by atoms with Crippen LogP contribution in [-0.2, 0) is 33.5 Å². The Morgan fingerprint density at radius 1 is 1.35 bits per heavy atom. The van der Waals surface area contributed by atoms with Crippen LogP contribution in [0.1, 0.15) is 40.3 Å². The normalized spacial score (nSPS) is 20.2. The largest absolute Gasteiger partial charge is 0.457 e. The summed E-state index contributed by atoms with van der Waals surface area (Å²) in [6.07, 6.45) is 1.51. The lowest BCUT2D eigenvalue weighted by Crippen LogP contribution is -2.71. The van der Waals surface area contributed by atoms with Gasteiger partial charge in [0.05, 0.1) is 5.57 Å². The molecule has 3 rings (SSSR count). The Morgan fingerprint density at radius 2 is 2.05 bits per heavy atom. The van der Waals surface area contributed by atoms with Crippen molar-refractivity contribution in [3.8, 4) is 0 Å². The quantitative estimate of drug-likeness (QED) is 0.159. The molecule has 0 aromatic carbocycles. The summed E-state index contributed by atoms with van der Waals surface area (Å²) in [5.41, 5.74) is 5.95. The van der Waals surface area contributed by atoms with Gasteiger partial charge in [-0.3, -0.25) is 14.5 Å². The van der Waals surface area contributed by atoms with Crippen molar-refractivity contribution in [1.82, 2.24) is 15.2 Å². The van der Waals surface area contributed by atoms with Crippen LogP contribution < -0.4 is 11.1 Å². The molecule has 0 saturated carbocycles. The van der Waals surface area contributed by atoms with Gasteiger partial charge in [0.2, 0.25) is 0 Å². The van der Waals surface area contributed by atoms with Gasteiger partial charge in [-0.05, 0) is 40.2 Å². The summed E-state index contributed by atoms with van der Waals surface area (Å²) >= 11 is 2.53. The lowest BCUT2D eigenvalue weighted by molar-refractivity contribution is -0.154. The number of thioether (sulfide) groups is 1. The number of amides is 2. The van der Waals surface area contributed by atoms with Gasteiger partial charge in [-0.25, -0.2) is 14.6 Å². The van der Waals surface area contributed by atoms with Crippen LogP contribution in [0.4, 0.5) is 5.13 Å². The Balaban J connectivity index is 1.68. The average Bonchev–Trinajstić information content (AvgIpc) is 3.25. The summed E-state index contributed by atoms with van der Waals surface area (Å²) < 4.78 is 10.7. The van der Waals surface area contributed by atoms with Crippen molar-refractivity contribution in [3.63, 3.8) is 0 Å². The second-order valence-corrected chi connectivity index (χ2v) is 11.1. The maximum atomic E-state index is 13.0. The number of allylic oxidation sites excluding steroid dienone is 1. The van der Waals surface area contributed by atoms with Gasteiger partial charge in [0.1, 0.15) is 42.1 Å². The molecule has 2 atom stereocenters. The molecule has 12 nitrogen and oxygen atoms in total. The number of nitrogens with one attached hydrogen (secondary N) is 1. The summed E-state index contributed by atoms with van der Waals surface area (Å²) in [5, 5.41) is 7.64. The van der Waals surface area contributed by atoms with Crippen molar-refractivity contribution in [1.29, 1.82) is 0 Å². The number of β-lactam (4-membered cyclic amide) rings is 1. The number of esters is 2. The predicted octanol–water partition coefficient (Wildman–Crippen LogP) is 1.58. The van der Waals surface area contributed by atoms with Crippen molar-refractivity contribution in [2.75, 3.05) is 25.2 Å². The van der Waals surface area contributed by atoms with Gasteiger partial charge in [0.25, 0.3) is 11.8 Å². The standard InChI is InChI=1S/C23H29N5O7S2/c1-7-12(20(31)35-23(3,4)5)8-34-21(32)16-11(2)9-36-19-15(18(30)28(16)19)26-17(29)14(27-33-6)13-10-37-22(24)25-13/h7,10,15,19H,8-9H2,1-6H3,(H2,24,25)(H,26,29)/b12-7+,27-14-/t15-,19-/m1/s1. The first kappa shape index (κ1) is 28.2. The Hall–Kier alpha value is -3.39. The molecule has 2 aliphatic rings. The fraction of sp³-hybridized carbons (Fsp3) is 0.478. The van der Waals surface area contributed by atoms with Gasteiger partial charge >= 0.3 is 11.9 Å². The molecule has 0 radical (unpaired) electrons. The van der Waals surface area contributed by atoms with E-state index in [1.165, 1.54) is 29.8 Å². The topological polar surface area (TPSA) is 163 Å².